The van der Waals surface area contributed by atoms with Crippen LogP contribution in [-0.4, -0.2) is 32.8 Å². The van der Waals surface area contributed by atoms with E-state index < -0.39 is 0 Å². The molecule has 0 aromatic heterocycles. The van der Waals surface area contributed by atoms with E-state index in [1.807, 2.05) is 26.1 Å². The second-order valence-electron chi connectivity index (χ2n) is 5.99. The van der Waals surface area contributed by atoms with Gasteiger partial charge < -0.3 is 19.7 Å². The predicted molar refractivity (Wildman–Crippen MR) is 89.5 cm³/mol. The van der Waals surface area contributed by atoms with Gasteiger partial charge in [0.2, 0.25) is 0 Å². The molecule has 0 radical (unpaired) electrons. The van der Waals surface area contributed by atoms with E-state index in [1.165, 1.54) is 11.1 Å². The fourth-order valence-corrected chi connectivity index (χ4v) is 3.47. The van der Waals surface area contributed by atoms with Gasteiger partial charge in [-0.25, -0.2) is 4.79 Å². The maximum atomic E-state index is 12.1. The highest BCUT2D eigenvalue weighted by atomic mass is 16.5. The highest BCUT2D eigenvalue weighted by Crippen LogP contribution is 2.39. The maximum Gasteiger partial charge on any atom is 0.328 e. The Morgan fingerprint density at radius 2 is 2.26 bits per heavy atom. The lowest BCUT2D eigenvalue weighted by molar-refractivity contribution is -0.145. The SMILES string of the molecule is CCOC(=O)C1CCCC2=C(N1)N(C)c1cccc(OC)c1C2. The molecule has 3 rings (SSSR count). The van der Waals surface area contributed by atoms with Crippen molar-refractivity contribution in [1.29, 1.82) is 0 Å². The summed E-state index contributed by atoms with van der Waals surface area (Å²) in [5.41, 5.74) is 3.67. The summed E-state index contributed by atoms with van der Waals surface area (Å²) in [5, 5.41) is 3.42. The molecule has 2 aliphatic rings. The first kappa shape index (κ1) is 15.7. The molecule has 0 saturated heterocycles. The normalized spacial score (nSPS) is 20.1. The smallest absolute Gasteiger partial charge is 0.328 e. The number of hydrogen-bond acceptors (Lipinski definition) is 5. The molecule has 0 saturated carbocycles. The van der Waals surface area contributed by atoms with Crippen LogP contribution in [0.4, 0.5) is 5.69 Å². The summed E-state index contributed by atoms with van der Waals surface area (Å²) in [6, 6.07) is 5.83. The first-order valence-electron chi connectivity index (χ1n) is 8.20. The van der Waals surface area contributed by atoms with Gasteiger partial charge in [-0.05, 0) is 43.9 Å². The van der Waals surface area contributed by atoms with Crippen LogP contribution in [0, 0.1) is 0 Å². The molecule has 2 aliphatic heterocycles. The van der Waals surface area contributed by atoms with Crippen LogP contribution in [0.25, 0.3) is 0 Å². The number of carbonyl (C=O) groups is 1. The van der Waals surface area contributed by atoms with Gasteiger partial charge in [-0.15, -0.1) is 0 Å². The quantitative estimate of drug-likeness (QED) is 0.869. The lowest BCUT2D eigenvalue weighted by Gasteiger charge is -2.34. The van der Waals surface area contributed by atoms with Crippen molar-refractivity contribution in [3.63, 3.8) is 0 Å². The minimum Gasteiger partial charge on any atom is -0.496 e. The van der Waals surface area contributed by atoms with E-state index in [1.54, 1.807) is 7.11 Å². The lowest BCUT2D eigenvalue weighted by Crippen LogP contribution is -2.42. The van der Waals surface area contributed by atoms with Gasteiger partial charge in [0.1, 0.15) is 17.6 Å². The molecule has 23 heavy (non-hydrogen) atoms. The first-order chi connectivity index (χ1) is 11.2. The third-order valence-corrected chi connectivity index (χ3v) is 4.60. The van der Waals surface area contributed by atoms with E-state index >= 15 is 0 Å². The number of esters is 1. The molecule has 1 aromatic carbocycles. The van der Waals surface area contributed by atoms with Crippen LogP contribution in [-0.2, 0) is 16.0 Å². The monoisotopic (exact) mass is 316 g/mol. The summed E-state index contributed by atoms with van der Waals surface area (Å²) < 4.78 is 10.7. The summed E-state index contributed by atoms with van der Waals surface area (Å²) in [6.07, 6.45) is 3.63. The van der Waals surface area contributed by atoms with Crippen molar-refractivity contribution in [2.24, 2.45) is 0 Å². The number of anilines is 1. The zero-order valence-corrected chi connectivity index (χ0v) is 14.0. The van der Waals surface area contributed by atoms with Crippen LogP contribution in [0.2, 0.25) is 0 Å². The molecular weight excluding hydrogens is 292 g/mol. The van der Waals surface area contributed by atoms with Gasteiger partial charge in [-0.3, -0.25) is 0 Å². The largest absolute Gasteiger partial charge is 0.496 e. The zero-order chi connectivity index (χ0) is 16.4. The summed E-state index contributed by atoms with van der Waals surface area (Å²) >= 11 is 0. The predicted octanol–water partition coefficient (Wildman–Crippen LogP) is 2.60. The Morgan fingerprint density at radius 1 is 1.43 bits per heavy atom. The minimum atomic E-state index is -0.267. The minimum absolute atomic E-state index is 0.161. The van der Waals surface area contributed by atoms with Gasteiger partial charge in [0.15, 0.2) is 0 Å². The van der Waals surface area contributed by atoms with E-state index in [0.717, 1.165) is 42.9 Å². The molecule has 124 valence electrons. The number of nitrogens with one attached hydrogen (secondary N) is 1. The van der Waals surface area contributed by atoms with Crippen LogP contribution in [0.3, 0.4) is 0 Å². The van der Waals surface area contributed by atoms with Gasteiger partial charge in [-0.1, -0.05) is 6.07 Å². The lowest BCUT2D eigenvalue weighted by atomic mass is 9.94. The number of ether oxygens (including phenoxy) is 2. The third kappa shape index (κ3) is 2.87. The molecule has 1 N–H and O–H groups in total. The van der Waals surface area contributed by atoms with E-state index in [-0.39, 0.29) is 12.0 Å². The number of hydrogen-bond donors (Lipinski definition) is 1. The Balaban J connectivity index is 1.92. The molecule has 1 unspecified atom stereocenters. The van der Waals surface area contributed by atoms with E-state index in [2.05, 4.69) is 16.3 Å². The van der Waals surface area contributed by atoms with E-state index in [9.17, 15) is 4.79 Å². The number of carbonyl (C=O) groups excluding carboxylic acids is 1. The van der Waals surface area contributed by atoms with Crippen LogP contribution >= 0.6 is 0 Å². The topological polar surface area (TPSA) is 50.8 Å². The van der Waals surface area contributed by atoms with Crippen molar-refractivity contribution in [3.8, 4) is 5.75 Å². The van der Waals surface area contributed by atoms with E-state index in [4.69, 9.17) is 9.47 Å². The van der Waals surface area contributed by atoms with Crippen molar-refractivity contribution in [2.45, 2.75) is 38.6 Å². The van der Waals surface area contributed by atoms with Crippen LogP contribution in [0.5, 0.6) is 5.75 Å². The molecule has 0 amide bonds. The molecule has 0 fully saturated rings. The number of rotatable bonds is 3. The van der Waals surface area contributed by atoms with Crippen molar-refractivity contribution in [2.75, 3.05) is 25.7 Å². The van der Waals surface area contributed by atoms with Crippen LogP contribution in [0.1, 0.15) is 31.7 Å². The fraction of sp³-hybridized carbons (Fsp3) is 0.500. The Labute approximate surface area is 137 Å². The van der Waals surface area contributed by atoms with Crippen LogP contribution < -0.4 is 15.0 Å². The third-order valence-electron chi connectivity index (χ3n) is 4.60. The number of nitrogens with zero attached hydrogens (tertiary/aromatic N) is 1. The number of allylic oxidation sites excluding steroid dienone is 1. The highest BCUT2D eigenvalue weighted by Gasteiger charge is 2.31. The molecule has 2 heterocycles. The summed E-state index contributed by atoms with van der Waals surface area (Å²) in [4.78, 5) is 14.3. The summed E-state index contributed by atoms with van der Waals surface area (Å²) in [7, 11) is 3.74. The second kappa shape index (κ2) is 6.52. The average molecular weight is 316 g/mol. The van der Waals surface area contributed by atoms with Crippen molar-refractivity contribution in [3.05, 3.63) is 35.2 Å². The molecule has 0 aliphatic carbocycles. The molecule has 0 bridgehead atoms. The average Bonchev–Trinajstić information content (AvgIpc) is 2.77. The first-order valence-corrected chi connectivity index (χ1v) is 8.20. The summed E-state index contributed by atoms with van der Waals surface area (Å²) in [6.45, 7) is 2.26. The maximum absolute atomic E-state index is 12.1. The van der Waals surface area contributed by atoms with Crippen molar-refractivity contribution in [1.82, 2.24) is 5.32 Å². The molecule has 5 nitrogen and oxygen atoms in total. The van der Waals surface area contributed by atoms with Crippen molar-refractivity contribution < 1.29 is 14.3 Å². The molecule has 1 atom stereocenters. The molecule has 1 aromatic rings. The van der Waals surface area contributed by atoms with E-state index in [0.29, 0.717) is 6.61 Å². The number of benzene rings is 1. The standard InChI is InChI=1S/C18H24N2O3/c1-4-23-18(21)14-8-5-7-12-11-13-15(20(2)17(12)19-14)9-6-10-16(13)22-3/h6,9-10,14,19H,4-5,7-8,11H2,1-3H3. The van der Waals surface area contributed by atoms with Gasteiger partial charge in [0.25, 0.3) is 0 Å². The van der Waals surface area contributed by atoms with Crippen molar-refractivity contribution >= 4 is 11.7 Å². The van der Waals surface area contributed by atoms with Crippen LogP contribution in [0.15, 0.2) is 29.6 Å². The Hall–Kier alpha value is -2.17. The van der Waals surface area contributed by atoms with Gasteiger partial charge in [0.05, 0.1) is 13.7 Å². The summed E-state index contributed by atoms with van der Waals surface area (Å²) in [5.74, 6) is 1.81. The van der Waals surface area contributed by atoms with Gasteiger partial charge in [0, 0.05) is 24.7 Å². The highest BCUT2D eigenvalue weighted by molar-refractivity contribution is 5.77. The fourth-order valence-electron chi connectivity index (χ4n) is 3.47. The molecule has 5 heteroatoms. The van der Waals surface area contributed by atoms with Gasteiger partial charge in [-0.2, -0.15) is 0 Å². The second-order valence-corrected chi connectivity index (χ2v) is 5.99. The Kier molecular flexibility index (Phi) is 4.46. The Morgan fingerprint density at radius 3 is 3.00 bits per heavy atom. The number of methoxy groups -OCH3 is 1. The zero-order valence-electron chi connectivity index (χ0n) is 14.0. The Bertz CT molecular complexity index is 639. The van der Waals surface area contributed by atoms with Gasteiger partial charge >= 0.3 is 5.97 Å². The molecule has 0 spiro atoms. The molecular formula is C18H24N2O3. The number of fused-ring (bicyclic) bond motifs is 1.